The Bertz CT molecular complexity index is 228. The molecular formula is C14H28N2O. The number of hydrogen-bond donors (Lipinski definition) is 1. The van der Waals surface area contributed by atoms with Crippen molar-refractivity contribution in [2.24, 2.45) is 11.8 Å². The van der Waals surface area contributed by atoms with Crippen LogP contribution in [0.3, 0.4) is 0 Å². The van der Waals surface area contributed by atoms with Crippen LogP contribution in [-0.2, 0) is 4.74 Å². The van der Waals surface area contributed by atoms with Crippen molar-refractivity contribution in [2.45, 2.75) is 45.2 Å². The molecule has 0 aromatic rings. The molecule has 0 spiro atoms. The molecule has 2 rings (SSSR count). The Balaban J connectivity index is 1.84. The molecule has 1 N–H and O–H groups in total. The van der Waals surface area contributed by atoms with Gasteiger partial charge in [0.25, 0.3) is 0 Å². The highest BCUT2D eigenvalue weighted by Crippen LogP contribution is 2.25. The summed E-state index contributed by atoms with van der Waals surface area (Å²) in [5, 5.41) is 3.46. The fourth-order valence-electron chi connectivity index (χ4n) is 3.39. The third-order valence-electron chi connectivity index (χ3n) is 4.82. The second kappa shape index (κ2) is 6.17. The molecule has 0 saturated carbocycles. The Morgan fingerprint density at radius 2 is 2.12 bits per heavy atom. The van der Waals surface area contributed by atoms with Crippen molar-refractivity contribution in [2.75, 3.05) is 33.4 Å². The van der Waals surface area contributed by atoms with Gasteiger partial charge in [0, 0.05) is 25.2 Å². The standard InChI is InChI=1S/C14H28N2O/c1-11-12(2)16(7-6-14(11)15-3)9-13-5-4-8-17-10-13/h11-15H,4-10H2,1-3H3. The first kappa shape index (κ1) is 13.3. The van der Waals surface area contributed by atoms with E-state index in [2.05, 4.69) is 31.1 Å². The summed E-state index contributed by atoms with van der Waals surface area (Å²) in [6.07, 6.45) is 3.89. The maximum Gasteiger partial charge on any atom is 0.0506 e. The Hall–Kier alpha value is -0.120. The first-order chi connectivity index (χ1) is 8.22. The Labute approximate surface area is 106 Å². The molecule has 0 aromatic heterocycles. The molecule has 2 aliphatic rings. The van der Waals surface area contributed by atoms with Gasteiger partial charge in [-0.3, -0.25) is 4.90 Å². The van der Waals surface area contributed by atoms with E-state index in [4.69, 9.17) is 4.74 Å². The Morgan fingerprint density at radius 3 is 2.76 bits per heavy atom. The van der Waals surface area contributed by atoms with Crippen LogP contribution in [0.25, 0.3) is 0 Å². The van der Waals surface area contributed by atoms with Crippen molar-refractivity contribution in [3.63, 3.8) is 0 Å². The highest BCUT2D eigenvalue weighted by atomic mass is 16.5. The zero-order chi connectivity index (χ0) is 12.3. The van der Waals surface area contributed by atoms with E-state index in [0.717, 1.165) is 25.0 Å². The monoisotopic (exact) mass is 240 g/mol. The van der Waals surface area contributed by atoms with E-state index in [1.807, 2.05) is 0 Å². The lowest BCUT2D eigenvalue weighted by atomic mass is 9.86. The molecule has 4 unspecified atom stereocenters. The van der Waals surface area contributed by atoms with Gasteiger partial charge in [-0.1, -0.05) is 6.92 Å². The van der Waals surface area contributed by atoms with Crippen molar-refractivity contribution in [3.05, 3.63) is 0 Å². The van der Waals surface area contributed by atoms with Gasteiger partial charge >= 0.3 is 0 Å². The van der Waals surface area contributed by atoms with Crippen LogP contribution >= 0.6 is 0 Å². The Morgan fingerprint density at radius 1 is 1.29 bits per heavy atom. The number of rotatable bonds is 3. The maximum atomic E-state index is 5.59. The SMILES string of the molecule is CNC1CCN(CC2CCCOC2)C(C)C1C. The van der Waals surface area contributed by atoms with E-state index < -0.39 is 0 Å². The third kappa shape index (κ3) is 3.21. The van der Waals surface area contributed by atoms with Gasteiger partial charge in [0.2, 0.25) is 0 Å². The van der Waals surface area contributed by atoms with Crippen LogP contribution in [0.4, 0.5) is 0 Å². The molecule has 100 valence electrons. The van der Waals surface area contributed by atoms with Crippen molar-refractivity contribution in [3.8, 4) is 0 Å². The molecule has 2 heterocycles. The highest BCUT2D eigenvalue weighted by molar-refractivity contribution is 4.88. The summed E-state index contributed by atoms with van der Waals surface area (Å²) < 4.78 is 5.59. The van der Waals surface area contributed by atoms with E-state index in [-0.39, 0.29) is 0 Å². The van der Waals surface area contributed by atoms with Crippen LogP contribution in [0, 0.1) is 11.8 Å². The predicted molar refractivity (Wildman–Crippen MR) is 71.2 cm³/mol. The van der Waals surface area contributed by atoms with Gasteiger partial charge in [0.15, 0.2) is 0 Å². The third-order valence-corrected chi connectivity index (χ3v) is 4.82. The zero-order valence-corrected chi connectivity index (χ0v) is 11.6. The molecule has 2 saturated heterocycles. The molecule has 0 aliphatic carbocycles. The molecule has 3 heteroatoms. The average Bonchev–Trinajstić information content (AvgIpc) is 2.37. The summed E-state index contributed by atoms with van der Waals surface area (Å²) in [6, 6.07) is 1.40. The highest BCUT2D eigenvalue weighted by Gasteiger charge is 2.32. The molecule has 0 bridgehead atoms. The number of nitrogens with one attached hydrogen (secondary N) is 1. The minimum Gasteiger partial charge on any atom is -0.381 e. The van der Waals surface area contributed by atoms with Gasteiger partial charge < -0.3 is 10.1 Å². The molecule has 4 atom stereocenters. The maximum absolute atomic E-state index is 5.59. The minimum atomic E-state index is 0.697. The summed E-state index contributed by atoms with van der Waals surface area (Å²) in [5.41, 5.74) is 0. The second-order valence-electron chi connectivity index (χ2n) is 5.86. The number of nitrogens with zero attached hydrogens (tertiary/aromatic N) is 1. The van der Waals surface area contributed by atoms with Gasteiger partial charge in [-0.2, -0.15) is 0 Å². The van der Waals surface area contributed by atoms with Crippen molar-refractivity contribution in [1.82, 2.24) is 10.2 Å². The average molecular weight is 240 g/mol. The molecule has 2 aliphatic heterocycles. The van der Waals surface area contributed by atoms with Crippen LogP contribution in [0.15, 0.2) is 0 Å². The summed E-state index contributed by atoms with van der Waals surface area (Å²) >= 11 is 0. The topological polar surface area (TPSA) is 24.5 Å². The fraction of sp³-hybridized carbons (Fsp3) is 1.00. The smallest absolute Gasteiger partial charge is 0.0506 e. The van der Waals surface area contributed by atoms with Gasteiger partial charge in [-0.15, -0.1) is 0 Å². The number of ether oxygens (including phenoxy) is 1. The molecular weight excluding hydrogens is 212 g/mol. The van der Waals surface area contributed by atoms with E-state index in [9.17, 15) is 0 Å². The number of likely N-dealkylation sites (tertiary alicyclic amines) is 1. The normalized spacial score (nSPS) is 40.4. The van der Waals surface area contributed by atoms with Gasteiger partial charge in [0.1, 0.15) is 0 Å². The van der Waals surface area contributed by atoms with Crippen LogP contribution in [-0.4, -0.2) is 50.3 Å². The summed E-state index contributed by atoms with van der Waals surface area (Å²) in [7, 11) is 2.10. The van der Waals surface area contributed by atoms with Crippen LogP contribution in [0.1, 0.15) is 33.1 Å². The van der Waals surface area contributed by atoms with Crippen molar-refractivity contribution in [1.29, 1.82) is 0 Å². The number of piperidine rings is 1. The van der Waals surface area contributed by atoms with E-state index >= 15 is 0 Å². The lowest BCUT2D eigenvalue weighted by Crippen LogP contribution is -2.54. The van der Waals surface area contributed by atoms with Crippen LogP contribution in [0.2, 0.25) is 0 Å². The first-order valence-corrected chi connectivity index (χ1v) is 7.21. The first-order valence-electron chi connectivity index (χ1n) is 7.21. The minimum absolute atomic E-state index is 0.697. The van der Waals surface area contributed by atoms with E-state index in [1.54, 1.807) is 0 Å². The predicted octanol–water partition coefficient (Wildman–Crippen LogP) is 1.73. The molecule has 0 radical (unpaired) electrons. The summed E-state index contributed by atoms with van der Waals surface area (Å²) in [6.45, 7) is 9.21. The fourth-order valence-corrected chi connectivity index (χ4v) is 3.39. The molecule has 17 heavy (non-hydrogen) atoms. The molecule has 0 aromatic carbocycles. The number of hydrogen-bond acceptors (Lipinski definition) is 3. The van der Waals surface area contributed by atoms with Crippen LogP contribution in [0.5, 0.6) is 0 Å². The van der Waals surface area contributed by atoms with Crippen LogP contribution < -0.4 is 5.32 Å². The van der Waals surface area contributed by atoms with Crippen molar-refractivity contribution < 1.29 is 4.74 Å². The van der Waals surface area contributed by atoms with E-state index in [1.165, 1.54) is 32.4 Å². The molecule has 3 nitrogen and oxygen atoms in total. The molecule has 0 amide bonds. The zero-order valence-electron chi connectivity index (χ0n) is 11.6. The summed E-state index contributed by atoms with van der Waals surface area (Å²) in [5.74, 6) is 1.52. The lowest BCUT2D eigenvalue weighted by molar-refractivity contribution is 0.0126. The lowest BCUT2D eigenvalue weighted by Gasteiger charge is -2.44. The van der Waals surface area contributed by atoms with Gasteiger partial charge in [-0.25, -0.2) is 0 Å². The van der Waals surface area contributed by atoms with E-state index in [0.29, 0.717) is 12.1 Å². The quantitative estimate of drug-likeness (QED) is 0.813. The van der Waals surface area contributed by atoms with Gasteiger partial charge in [0.05, 0.1) is 6.61 Å². The van der Waals surface area contributed by atoms with Crippen molar-refractivity contribution >= 4 is 0 Å². The second-order valence-corrected chi connectivity index (χ2v) is 5.86. The molecule has 2 fully saturated rings. The summed E-state index contributed by atoms with van der Waals surface area (Å²) in [4.78, 5) is 2.68. The van der Waals surface area contributed by atoms with Gasteiger partial charge in [-0.05, 0) is 51.6 Å². The Kier molecular flexibility index (Phi) is 4.83. The largest absolute Gasteiger partial charge is 0.381 e.